The van der Waals surface area contributed by atoms with Crippen molar-refractivity contribution in [2.24, 2.45) is 0 Å². The fraction of sp³-hybridized carbons (Fsp3) is 0.364. The van der Waals surface area contributed by atoms with Crippen LogP contribution in [0.25, 0.3) is 0 Å². The third-order valence-corrected chi connectivity index (χ3v) is 2.35. The summed E-state index contributed by atoms with van der Waals surface area (Å²) in [5.41, 5.74) is 0.642. The van der Waals surface area contributed by atoms with Gasteiger partial charge in [0.1, 0.15) is 0 Å². The Balaban J connectivity index is 2.60. The molecule has 1 aliphatic rings. The molecule has 16 heavy (non-hydrogen) atoms. The van der Waals surface area contributed by atoms with Crippen molar-refractivity contribution in [3.8, 4) is 0 Å². The Labute approximate surface area is 97.9 Å². The van der Waals surface area contributed by atoms with E-state index in [2.05, 4.69) is 0 Å². The van der Waals surface area contributed by atoms with Gasteiger partial charge in [0, 0.05) is 24.5 Å². The zero-order valence-electron chi connectivity index (χ0n) is 8.79. The van der Waals surface area contributed by atoms with Gasteiger partial charge in [0.05, 0.1) is 12.5 Å². The first-order chi connectivity index (χ1) is 7.54. The average molecular weight is 243 g/mol. The molecule has 0 aromatic carbocycles. The molecule has 0 atom stereocenters. The van der Waals surface area contributed by atoms with Gasteiger partial charge in [-0.05, 0) is 12.2 Å². The van der Waals surface area contributed by atoms with Crippen LogP contribution in [0.15, 0.2) is 23.3 Å². The molecule has 0 bridgehead atoms. The molecule has 1 aliphatic carbocycles. The highest BCUT2D eigenvalue weighted by atomic mass is 35.5. The van der Waals surface area contributed by atoms with Crippen LogP contribution in [0.3, 0.4) is 0 Å². The van der Waals surface area contributed by atoms with Gasteiger partial charge in [-0.25, -0.2) is 0 Å². The number of hydrogen-bond acceptors (Lipinski definition) is 4. The van der Waals surface area contributed by atoms with Crippen LogP contribution in [-0.2, 0) is 19.1 Å². The van der Waals surface area contributed by atoms with Gasteiger partial charge in [-0.15, -0.1) is 11.6 Å². The molecule has 86 valence electrons. The highest BCUT2D eigenvalue weighted by Gasteiger charge is 2.19. The van der Waals surface area contributed by atoms with E-state index in [4.69, 9.17) is 16.3 Å². The van der Waals surface area contributed by atoms with E-state index in [-0.39, 0.29) is 30.5 Å². The minimum Gasteiger partial charge on any atom is -0.466 e. The smallest absolute Gasteiger partial charge is 0.302 e. The van der Waals surface area contributed by atoms with Gasteiger partial charge in [-0.3, -0.25) is 14.4 Å². The molecule has 0 aromatic rings. The number of esters is 1. The Bertz CT molecular complexity index is 393. The van der Waals surface area contributed by atoms with E-state index in [9.17, 15) is 14.4 Å². The molecule has 0 saturated heterocycles. The lowest BCUT2D eigenvalue weighted by Gasteiger charge is -2.10. The molecule has 0 heterocycles. The van der Waals surface area contributed by atoms with Crippen molar-refractivity contribution in [1.29, 1.82) is 0 Å². The van der Waals surface area contributed by atoms with Crippen LogP contribution in [0.2, 0.25) is 0 Å². The van der Waals surface area contributed by atoms with Gasteiger partial charge in [-0.1, -0.05) is 0 Å². The fourth-order valence-electron chi connectivity index (χ4n) is 1.25. The lowest BCUT2D eigenvalue weighted by molar-refractivity contribution is -0.141. The summed E-state index contributed by atoms with van der Waals surface area (Å²) in [6.45, 7) is 1.39. The highest BCUT2D eigenvalue weighted by molar-refractivity contribution is 6.28. The van der Waals surface area contributed by atoms with E-state index in [1.165, 1.54) is 19.1 Å². The van der Waals surface area contributed by atoms with Gasteiger partial charge in [0.25, 0.3) is 0 Å². The van der Waals surface area contributed by atoms with Crippen LogP contribution in [-0.4, -0.2) is 30.0 Å². The average Bonchev–Trinajstić information content (AvgIpc) is 2.22. The SMILES string of the molecule is CC(=O)OCCC1=CC(=O)C(CCl)=CC1=O. The maximum atomic E-state index is 11.5. The number of rotatable bonds is 4. The minimum absolute atomic E-state index is 0.0261. The van der Waals surface area contributed by atoms with Crippen LogP contribution >= 0.6 is 11.6 Å². The van der Waals surface area contributed by atoms with Crippen molar-refractivity contribution < 1.29 is 19.1 Å². The van der Waals surface area contributed by atoms with Gasteiger partial charge in [0.2, 0.25) is 0 Å². The molecule has 0 aliphatic heterocycles. The monoisotopic (exact) mass is 242 g/mol. The van der Waals surface area contributed by atoms with E-state index >= 15 is 0 Å². The molecule has 0 amide bonds. The second-order valence-electron chi connectivity index (χ2n) is 3.29. The third kappa shape index (κ3) is 3.31. The maximum absolute atomic E-state index is 11.5. The molecule has 0 saturated carbocycles. The number of hydrogen-bond donors (Lipinski definition) is 0. The maximum Gasteiger partial charge on any atom is 0.302 e. The molecule has 1 rings (SSSR count). The topological polar surface area (TPSA) is 60.4 Å². The summed E-state index contributed by atoms with van der Waals surface area (Å²) in [7, 11) is 0. The van der Waals surface area contributed by atoms with Crippen LogP contribution in [0.4, 0.5) is 0 Å². The molecule has 0 N–H and O–H groups in total. The van der Waals surface area contributed by atoms with Gasteiger partial charge in [0.15, 0.2) is 11.6 Å². The van der Waals surface area contributed by atoms with E-state index in [1.807, 2.05) is 0 Å². The molecule has 0 unspecified atom stereocenters. The van der Waals surface area contributed by atoms with Gasteiger partial charge >= 0.3 is 5.97 Å². The standard InChI is InChI=1S/C11H11ClO4/c1-7(13)16-3-2-8-4-11(15)9(6-12)5-10(8)14/h4-5H,2-3,6H2,1H3. The summed E-state index contributed by atoms with van der Waals surface area (Å²) < 4.78 is 4.69. The zero-order valence-corrected chi connectivity index (χ0v) is 9.54. The van der Waals surface area contributed by atoms with Crippen LogP contribution in [0.5, 0.6) is 0 Å². The lowest BCUT2D eigenvalue weighted by Crippen LogP contribution is -2.15. The molecule has 4 nitrogen and oxygen atoms in total. The van der Waals surface area contributed by atoms with E-state index in [0.29, 0.717) is 11.1 Å². The lowest BCUT2D eigenvalue weighted by atomic mass is 9.96. The minimum atomic E-state index is -0.410. The third-order valence-electron chi connectivity index (χ3n) is 2.06. The first-order valence-corrected chi connectivity index (χ1v) is 5.27. The van der Waals surface area contributed by atoms with Crippen molar-refractivity contribution in [3.05, 3.63) is 23.3 Å². The van der Waals surface area contributed by atoms with Crippen LogP contribution in [0.1, 0.15) is 13.3 Å². The molecular formula is C11H11ClO4. The summed E-state index contributed by atoms with van der Waals surface area (Å²) in [4.78, 5) is 33.4. The Morgan fingerprint density at radius 2 is 1.81 bits per heavy atom. The van der Waals surface area contributed by atoms with Crippen molar-refractivity contribution in [2.75, 3.05) is 12.5 Å². The van der Waals surface area contributed by atoms with Gasteiger partial charge < -0.3 is 4.74 Å². The van der Waals surface area contributed by atoms with Crippen molar-refractivity contribution in [1.82, 2.24) is 0 Å². The first kappa shape index (κ1) is 12.6. The van der Waals surface area contributed by atoms with E-state index in [0.717, 1.165) is 0 Å². The van der Waals surface area contributed by atoms with E-state index in [1.54, 1.807) is 0 Å². The number of ketones is 2. The Morgan fingerprint density at radius 1 is 1.25 bits per heavy atom. The largest absolute Gasteiger partial charge is 0.466 e. The normalized spacial score (nSPS) is 15.6. The predicted octanol–water partition coefficient (Wildman–Crippen LogP) is 1.18. The molecule has 0 fully saturated rings. The molecule has 0 spiro atoms. The molecule has 0 radical (unpaired) electrons. The summed E-state index contributed by atoms with van der Waals surface area (Å²) >= 11 is 5.49. The number of allylic oxidation sites excluding steroid dienone is 3. The number of carbonyl (C=O) groups excluding carboxylic acids is 3. The number of ether oxygens (including phenoxy) is 1. The number of halogens is 1. The first-order valence-electron chi connectivity index (χ1n) is 4.73. The van der Waals surface area contributed by atoms with E-state index < -0.39 is 5.97 Å². The predicted molar refractivity (Wildman–Crippen MR) is 58.2 cm³/mol. The van der Waals surface area contributed by atoms with Crippen molar-refractivity contribution in [3.63, 3.8) is 0 Å². The second-order valence-corrected chi connectivity index (χ2v) is 3.56. The number of alkyl halides is 1. The summed E-state index contributed by atoms with van der Waals surface area (Å²) in [5, 5.41) is 0. The summed E-state index contributed by atoms with van der Waals surface area (Å²) in [6, 6.07) is 0. The molecule has 5 heteroatoms. The Hall–Kier alpha value is -1.42. The van der Waals surface area contributed by atoms with Crippen molar-refractivity contribution >= 4 is 29.1 Å². The fourth-order valence-corrected chi connectivity index (χ4v) is 1.46. The van der Waals surface area contributed by atoms with Crippen LogP contribution in [0, 0.1) is 0 Å². The number of carbonyl (C=O) groups is 3. The Morgan fingerprint density at radius 3 is 2.38 bits per heavy atom. The summed E-state index contributed by atoms with van der Waals surface area (Å²) in [6.07, 6.45) is 2.73. The molecular weight excluding hydrogens is 232 g/mol. The van der Waals surface area contributed by atoms with Crippen molar-refractivity contribution in [2.45, 2.75) is 13.3 Å². The molecule has 0 aromatic heterocycles. The summed E-state index contributed by atoms with van der Waals surface area (Å²) in [5.74, 6) is -0.889. The van der Waals surface area contributed by atoms with Crippen LogP contribution < -0.4 is 0 Å². The Kier molecular flexibility index (Phi) is 4.43. The quantitative estimate of drug-likeness (QED) is 0.422. The second kappa shape index (κ2) is 5.61. The van der Waals surface area contributed by atoms with Gasteiger partial charge in [-0.2, -0.15) is 0 Å². The highest BCUT2D eigenvalue weighted by Crippen LogP contribution is 2.15. The zero-order chi connectivity index (χ0) is 12.1.